The minimum atomic E-state index is 0.707. The van der Waals surface area contributed by atoms with E-state index < -0.39 is 0 Å². The fourth-order valence-electron chi connectivity index (χ4n) is 2.52. The number of rotatable bonds is 2. The van der Waals surface area contributed by atoms with Crippen molar-refractivity contribution in [2.24, 2.45) is 0 Å². The molecule has 1 aromatic carbocycles. The van der Waals surface area contributed by atoms with Gasteiger partial charge < -0.3 is 9.80 Å². The molecule has 1 aliphatic rings. The minimum Gasteiger partial charge on any atom is -0.367 e. The van der Waals surface area contributed by atoms with Gasteiger partial charge in [-0.25, -0.2) is 0 Å². The molecule has 0 spiro atoms. The molecule has 1 aromatic heterocycles. The van der Waals surface area contributed by atoms with E-state index in [1.165, 1.54) is 0 Å². The lowest BCUT2D eigenvalue weighted by atomic mass is 10.2. The van der Waals surface area contributed by atoms with E-state index in [1.54, 1.807) is 12.4 Å². The van der Waals surface area contributed by atoms with E-state index in [2.05, 4.69) is 20.9 Å². The predicted molar refractivity (Wildman–Crippen MR) is 85.1 cm³/mol. The summed E-state index contributed by atoms with van der Waals surface area (Å²) in [7, 11) is 0. The lowest BCUT2D eigenvalue weighted by Crippen LogP contribution is -2.46. The van der Waals surface area contributed by atoms with Crippen LogP contribution in [-0.4, -0.2) is 31.2 Å². The van der Waals surface area contributed by atoms with E-state index in [-0.39, 0.29) is 0 Å². The summed E-state index contributed by atoms with van der Waals surface area (Å²) in [6.07, 6.45) is 3.47. The number of para-hydroxylation sites is 1. The average molecular weight is 308 g/mol. The van der Waals surface area contributed by atoms with Crippen LogP contribution in [-0.2, 0) is 0 Å². The Morgan fingerprint density at radius 3 is 2.00 bits per heavy atom. The monoisotopic (exact) mass is 307 g/mol. The fourth-order valence-corrected chi connectivity index (χ4v) is 3.01. The van der Waals surface area contributed by atoms with Gasteiger partial charge in [-0.2, -0.15) is 0 Å². The summed E-state index contributed by atoms with van der Waals surface area (Å²) >= 11 is 12.4. The van der Waals surface area contributed by atoms with Crippen LogP contribution in [0.2, 0.25) is 10.0 Å². The van der Waals surface area contributed by atoms with Crippen molar-refractivity contribution < 1.29 is 0 Å². The van der Waals surface area contributed by atoms with Crippen LogP contribution >= 0.6 is 23.2 Å². The third-order valence-electron chi connectivity index (χ3n) is 3.56. The highest BCUT2D eigenvalue weighted by Gasteiger charge is 2.20. The molecule has 2 heterocycles. The van der Waals surface area contributed by atoms with Crippen LogP contribution in [0.1, 0.15) is 0 Å². The van der Waals surface area contributed by atoms with Crippen molar-refractivity contribution in [3.8, 4) is 0 Å². The summed E-state index contributed by atoms with van der Waals surface area (Å²) in [5, 5.41) is 1.52. The number of halogens is 2. The summed E-state index contributed by atoms with van der Waals surface area (Å²) < 4.78 is 0. The van der Waals surface area contributed by atoms with Gasteiger partial charge in [-0.3, -0.25) is 4.98 Å². The van der Waals surface area contributed by atoms with Crippen LogP contribution in [0.4, 0.5) is 11.4 Å². The van der Waals surface area contributed by atoms with Crippen molar-refractivity contribution in [2.45, 2.75) is 0 Å². The Morgan fingerprint density at radius 2 is 1.40 bits per heavy atom. The molecule has 104 valence electrons. The predicted octanol–water partition coefficient (Wildman–Crippen LogP) is 3.72. The number of pyridine rings is 1. The molecule has 0 aliphatic carbocycles. The maximum Gasteiger partial charge on any atom is 0.0822 e. The molecule has 0 saturated carbocycles. The van der Waals surface area contributed by atoms with Gasteiger partial charge in [0.15, 0.2) is 0 Å². The number of hydrogen-bond acceptors (Lipinski definition) is 3. The van der Waals surface area contributed by atoms with E-state index in [0.29, 0.717) is 5.02 Å². The smallest absolute Gasteiger partial charge is 0.0822 e. The maximum absolute atomic E-state index is 6.25. The Morgan fingerprint density at radius 1 is 0.800 bits per heavy atom. The van der Waals surface area contributed by atoms with Gasteiger partial charge in [-0.1, -0.05) is 35.3 Å². The molecule has 0 amide bonds. The molecule has 3 rings (SSSR count). The van der Waals surface area contributed by atoms with Gasteiger partial charge in [0.25, 0.3) is 0 Å². The van der Waals surface area contributed by atoms with Crippen molar-refractivity contribution in [3.63, 3.8) is 0 Å². The second-order valence-electron chi connectivity index (χ2n) is 4.75. The van der Waals surface area contributed by atoms with Gasteiger partial charge in [0.2, 0.25) is 0 Å². The van der Waals surface area contributed by atoms with Crippen molar-refractivity contribution >= 4 is 34.6 Å². The molecule has 3 nitrogen and oxygen atoms in total. The number of aromatic nitrogens is 1. The van der Waals surface area contributed by atoms with E-state index in [1.807, 2.05) is 24.3 Å². The normalized spacial score (nSPS) is 15.5. The summed E-state index contributed by atoms with van der Waals surface area (Å²) in [5.74, 6) is 0. The van der Waals surface area contributed by atoms with Crippen LogP contribution in [0.3, 0.4) is 0 Å². The second kappa shape index (κ2) is 5.90. The van der Waals surface area contributed by atoms with Crippen LogP contribution < -0.4 is 9.80 Å². The van der Waals surface area contributed by atoms with Crippen LogP contribution in [0.25, 0.3) is 0 Å². The first kappa shape index (κ1) is 13.5. The van der Waals surface area contributed by atoms with Crippen molar-refractivity contribution in [2.75, 3.05) is 36.0 Å². The Kier molecular flexibility index (Phi) is 3.99. The molecule has 0 radical (unpaired) electrons. The maximum atomic E-state index is 6.25. The third kappa shape index (κ3) is 2.69. The topological polar surface area (TPSA) is 19.4 Å². The first-order chi connectivity index (χ1) is 9.75. The summed E-state index contributed by atoms with van der Waals surface area (Å²) in [5.41, 5.74) is 2.16. The number of anilines is 2. The molecule has 0 atom stereocenters. The zero-order chi connectivity index (χ0) is 13.9. The van der Waals surface area contributed by atoms with E-state index in [9.17, 15) is 0 Å². The van der Waals surface area contributed by atoms with Gasteiger partial charge in [-0.15, -0.1) is 0 Å². The first-order valence-corrected chi connectivity index (χ1v) is 7.35. The number of hydrogen-bond donors (Lipinski definition) is 0. The summed E-state index contributed by atoms with van der Waals surface area (Å²) in [4.78, 5) is 8.63. The van der Waals surface area contributed by atoms with Gasteiger partial charge in [0.05, 0.1) is 21.4 Å². The highest BCUT2D eigenvalue weighted by atomic mass is 35.5. The minimum absolute atomic E-state index is 0.707. The number of benzene rings is 1. The Labute approximate surface area is 128 Å². The Balaban J connectivity index is 1.72. The Bertz CT molecular complexity index is 542. The molecular formula is C15H15Cl2N3. The lowest BCUT2D eigenvalue weighted by Gasteiger charge is -2.37. The molecule has 5 heteroatoms. The third-order valence-corrected chi connectivity index (χ3v) is 4.18. The van der Waals surface area contributed by atoms with Gasteiger partial charge in [-0.05, 0) is 18.2 Å². The largest absolute Gasteiger partial charge is 0.367 e. The molecule has 0 N–H and O–H groups in total. The highest BCUT2D eigenvalue weighted by Crippen LogP contribution is 2.29. The molecule has 20 heavy (non-hydrogen) atoms. The van der Waals surface area contributed by atoms with E-state index in [4.69, 9.17) is 23.2 Å². The molecule has 1 fully saturated rings. The quantitative estimate of drug-likeness (QED) is 0.843. The number of nitrogens with zero attached hydrogens (tertiary/aromatic N) is 3. The molecule has 1 saturated heterocycles. The van der Waals surface area contributed by atoms with Gasteiger partial charge in [0.1, 0.15) is 0 Å². The molecule has 0 unspecified atom stereocenters. The molecule has 0 bridgehead atoms. The summed E-state index contributed by atoms with van der Waals surface area (Å²) in [6.45, 7) is 3.72. The van der Waals surface area contributed by atoms with Crippen LogP contribution in [0.15, 0.2) is 42.7 Å². The van der Waals surface area contributed by atoms with Crippen LogP contribution in [0, 0.1) is 0 Å². The van der Waals surface area contributed by atoms with Crippen molar-refractivity contribution in [3.05, 3.63) is 52.8 Å². The molecule has 2 aromatic rings. The highest BCUT2D eigenvalue weighted by molar-refractivity contribution is 6.33. The first-order valence-electron chi connectivity index (χ1n) is 6.59. The van der Waals surface area contributed by atoms with E-state index >= 15 is 0 Å². The SMILES string of the molecule is Clc1ccccc1N1CCN(c2ccncc2Cl)CC1. The molecule has 1 aliphatic heterocycles. The van der Waals surface area contributed by atoms with Gasteiger partial charge in [0, 0.05) is 38.6 Å². The lowest BCUT2D eigenvalue weighted by molar-refractivity contribution is 0.653. The summed E-state index contributed by atoms with van der Waals surface area (Å²) in [6, 6.07) is 9.94. The van der Waals surface area contributed by atoms with Crippen molar-refractivity contribution in [1.29, 1.82) is 0 Å². The van der Waals surface area contributed by atoms with Crippen molar-refractivity contribution in [1.82, 2.24) is 4.98 Å². The number of piperazine rings is 1. The van der Waals surface area contributed by atoms with E-state index in [0.717, 1.165) is 42.6 Å². The standard InChI is InChI=1S/C15H15Cl2N3/c16-12-3-1-2-4-14(12)19-7-9-20(10-8-19)15-5-6-18-11-13(15)17/h1-6,11H,7-10H2. The average Bonchev–Trinajstić information content (AvgIpc) is 2.49. The zero-order valence-corrected chi connectivity index (χ0v) is 12.5. The second-order valence-corrected chi connectivity index (χ2v) is 5.57. The zero-order valence-electron chi connectivity index (χ0n) is 11.0. The van der Waals surface area contributed by atoms with Gasteiger partial charge >= 0.3 is 0 Å². The fraction of sp³-hybridized carbons (Fsp3) is 0.267. The van der Waals surface area contributed by atoms with Crippen LogP contribution in [0.5, 0.6) is 0 Å². The Hall–Kier alpha value is -1.45. The molecular weight excluding hydrogens is 293 g/mol.